The largest absolute Gasteiger partial charge is 0.378 e. The number of morpholine rings is 1. The van der Waals surface area contributed by atoms with Crippen molar-refractivity contribution in [3.8, 4) is 0 Å². The number of ether oxygens (including phenoxy) is 1. The molecule has 1 unspecified atom stereocenters. The van der Waals surface area contributed by atoms with Crippen molar-refractivity contribution in [2.45, 2.75) is 6.04 Å². The minimum atomic E-state index is -0.196. The van der Waals surface area contributed by atoms with Crippen molar-refractivity contribution in [2.24, 2.45) is 0 Å². The fourth-order valence-corrected chi connectivity index (χ4v) is 3.95. The van der Waals surface area contributed by atoms with E-state index in [1.54, 1.807) is 17.7 Å². The molecule has 25 heavy (non-hydrogen) atoms. The first-order valence-electron chi connectivity index (χ1n) is 7.86. The van der Waals surface area contributed by atoms with Crippen LogP contribution in [0.4, 0.5) is 5.82 Å². The third-order valence-corrected chi connectivity index (χ3v) is 5.23. The third-order valence-electron chi connectivity index (χ3n) is 4.34. The highest BCUT2D eigenvalue weighted by molar-refractivity contribution is 7.17. The summed E-state index contributed by atoms with van der Waals surface area (Å²) in [5.41, 5.74) is 0.988. The number of halogens is 2. The highest BCUT2D eigenvalue weighted by Crippen LogP contribution is 2.28. The van der Waals surface area contributed by atoms with Crippen LogP contribution in [0, 0.1) is 0 Å². The van der Waals surface area contributed by atoms with E-state index in [-0.39, 0.29) is 36.8 Å². The predicted octanol–water partition coefficient (Wildman–Crippen LogP) is 1.17. The topological polar surface area (TPSA) is 70.6 Å². The van der Waals surface area contributed by atoms with Crippen molar-refractivity contribution in [2.75, 3.05) is 50.8 Å². The Kier molecular flexibility index (Phi) is 7.21. The van der Waals surface area contributed by atoms with Gasteiger partial charge in [0.1, 0.15) is 18.2 Å². The van der Waals surface area contributed by atoms with E-state index in [1.807, 2.05) is 16.3 Å². The molecule has 2 fully saturated rings. The van der Waals surface area contributed by atoms with Gasteiger partial charge in [0.05, 0.1) is 23.4 Å². The summed E-state index contributed by atoms with van der Waals surface area (Å²) in [7, 11) is 0. The van der Waals surface area contributed by atoms with Crippen LogP contribution in [0.1, 0.15) is 0 Å². The molecule has 7 nitrogen and oxygen atoms in total. The number of thiophene rings is 1. The Hall–Kier alpha value is -1.19. The number of anilines is 1. The van der Waals surface area contributed by atoms with Crippen molar-refractivity contribution in [3.63, 3.8) is 0 Å². The standard InChI is InChI=1S/C15H19N5O2S.2ClH/c21-15(12-9-22-7-2-16-12)20-5-3-19(4-6-20)14-13-11(1-8-23-13)17-10-18-14;;/h1,8,10,12,16H,2-7,9H2;2*1H. The highest BCUT2D eigenvalue weighted by atomic mass is 35.5. The van der Waals surface area contributed by atoms with Crippen LogP contribution in [0.25, 0.3) is 10.2 Å². The second-order valence-corrected chi connectivity index (χ2v) is 6.64. The fourth-order valence-electron chi connectivity index (χ4n) is 3.08. The van der Waals surface area contributed by atoms with Crippen molar-refractivity contribution in [1.82, 2.24) is 20.2 Å². The molecule has 4 rings (SSSR count). The molecular formula is C15H21Cl2N5O2S. The van der Waals surface area contributed by atoms with Crippen LogP contribution in [0.2, 0.25) is 0 Å². The second kappa shape index (κ2) is 8.95. The minimum absolute atomic E-state index is 0. The zero-order valence-corrected chi connectivity index (χ0v) is 16.0. The number of nitrogens with one attached hydrogen (secondary N) is 1. The number of fused-ring (bicyclic) bond motifs is 1. The molecule has 2 saturated heterocycles. The Labute approximate surface area is 162 Å². The lowest BCUT2D eigenvalue weighted by atomic mass is 10.2. The first kappa shape index (κ1) is 20.1. The summed E-state index contributed by atoms with van der Waals surface area (Å²) < 4.78 is 6.51. The van der Waals surface area contributed by atoms with Crippen LogP contribution >= 0.6 is 36.2 Å². The normalized spacial score (nSPS) is 20.7. The number of aromatic nitrogens is 2. The van der Waals surface area contributed by atoms with Gasteiger partial charge in [0.2, 0.25) is 5.91 Å². The summed E-state index contributed by atoms with van der Waals surface area (Å²) >= 11 is 1.66. The summed E-state index contributed by atoms with van der Waals surface area (Å²) in [6.45, 7) is 4.92. The van der Waals surface area contributed by atoms with E-state index >= 15 is 0 Å². The summed E-state index contributed by atoms with van der Waals surface area (Å²) in [4.78, 5) is 25.4. The van der Waals surface area contributed by atoms with Crippen LogP contribution in [0.15, 0.2) is 17.8 Å². The maximum Gasteiger partial charge on any atom is 0.242 e. The molecule has 0 radical (unpaired) electrons. The summed E-state index contributed by atoms with van der Waals surface area (Å²) in [6.07, 6.45) is 1.62. The van der Waals surface area contributed by atoms with Crippen molar-refractivity contribution in [3.05, 3.63) is 17.8 Å². The van der Waals surface area contributed by atoms with E-state index in [2.05, 4.69) is 20.2 Å². The van der Waals surface area contributed by atoms with Gasteiger partial charge in [-0.15, -0.1) is 36.2 Å². The predicted molar refractivity (Wildman–Crippen MR) is 103 cm³/mol. The molecule has 2 aliphatic heterocycles. The molecule has 1 amide bonds. The average molecular weight is 406 g/mol. The summed E-state index contributed by atoms with van der Waals surface area (Å²) in [6, 6.07) is 1.82. The van der Waals surface area contributed by atoms with Crippen LogP contribution in [0.5, 0.6) is 0 Å². The molecule has 138 valence electrons. The molecule has 2 aromatic rings. The number of piperazine rings is 1. The van der Waals surface area contributed by atoms with E-state index < -0.39 is 0 Å². The van der Waals surface area contributed by atoms with Gasteiger partial charge in [-0.05, 0) is 11.4 Å². The average Bonchev–Trinajstić information content (AvgIpc) is 3.11. The maximum atomic E-state index is 12.5. The Morgan fingerprint density at radius 1 is 1.24 bits per heavy atom. The van der Waals surface area contributed by atoms with E-state index in [1.165, 1.54) is 0 Å². The fraction of sp³-hybridized carbons (Fsp3) is 0.533. The van der Waals surface area contributed by atoms with Gasteiger partial charge in [-0.2, -0.15) is 0 Å². The monoisotopic (exact) mass is 405 g/mol. The molecule has 0 aliphatic carbocycles. The third kappa shape index (κ3) is 4.15. The lowest BCUT2D eigenvalue weighted by Gasteiger charge is -2.37. The van der Waals surface area contributed by atoms with Gasteiger partial charge in [-0.25, -0.2) is 9.97 Å². The quantitative estimate of drug-likeness (QED) is 0.808. The van der Waals surface area contributed by atoms with Crippen LogP contribution in [-0.2, 0) is 9.53 Å². The van der Waals surface area contributed by atoms with Gasteiger partial charge in [0.25, 0.3) is 0 Å². The zero-order chi connectivity index (χ0) is 15.6. The summed E-state index contributed by atoms with van der Waals surface area (Å²) in [5, 5.41) is 5.27. The van der Waals surface area contributed by atoms with Gasteiger partial charge >= 0.3 is 0 Å². The van der Waals surface area contributed by atoms with Gasteiger partial charge in [-0.3, -0.25) is 4.79 Å². The number of rotatable bonds is 2. The molecule has 0 bridgehead atoms. The molecule has 1 N–H and O–H groups in total. The van der Waals surface area contributed by atoms with E-state index in [0.29, 0.717) is 26.3 Å². The van der Waals surface area contributed by atoms with Crippen molar-refractivity contribution >= 4 is 58.1 Å². The second-order valence-electron chi connectivity index (χ2n) is 5.73. The smallest absolute Gasteiger partial charge is 0.242 e. The van der Waals surface area contributed by atoms with Crippen LogP contribution in [-0.4, -0.2) is 72.8 Å². The van der Waals surface area contributed by atoms with Gasteiger partial charge < -0.3 is 19.9 Å². The first-order chi connectivity index (χ1) is 11.3. The molecule has 10 heteroatoms. The van der Waals surface area contributed by atoms with Crippen molar-refractivity contribution in [1.29, 1.82) is 0 Å². The van der Waals surface area contributed by atoms with E-state index in [0.717, 1.165) is 35.7 Å². The van der Waals surface area contributed by atoms with Crippen LogP contribution < -0.4 is 10.2 Å². The SMILES string of the molecule is Cl.Cl.O=C(C1COCCN1)N1CCN(c2ncnc3ccsc23)CC1. The Morgan fingerprint density at radius 3 is 2.76 bits per heavy atom. The highest BCUT2D eigenvalue weighted by Gasteiger charge is 2.29. The van der Waals surface area contributed by atoms with Gasteiger partial charge in [0, 0.05) is 32.7 Å². The number of nitrogens with zero attached hydrogens (tertiary/aromatic N) is 4. The molecule has 2 aromatic heterocycles. The first-order valence-corrected chi connectivity index (χ1v) is 8.74. The number of carbonyl (C=O) groups excluding carboxylic acids is 1. The van der Waals surface area contributed by atoms with Crippen LogP contribution in [0.3, 0.4) is 0 Å². The number of carbonyl (C=O) groups is 1. The van der Waals surface area contributed by atoms with E-state index in [9.17, 15) is 4.79 Å². The molecule has 2 aliphatic rings. The molecule has 0 saturated carbocycles. The van der Waals surface area contributed by atoms with Gasteiger partial charge in [0.15, 0.2) is 0 Å². The molecular weight excluding hydrogens is 385 g/mol. The number of amides is 1. The lowest BCUT2D eigenvalue weighted by molar-refractivity contribution is -0.136. The maximum absolute atomic E-state index is 12.5. The Bertz CT molecular complexity index is 702. The minimum Gasteiger partial charge on any atom is -0.378 e. The van der Waals surface area contributed by atoms with Crippen molar-refractivity contribution < 1.29 is 9.53 Å². The molecule has 0 spiro atoms. The Balaban J connectivity index is 0.00000113. The number of hydrogen-bond acceptors (Lipinski definition) is 7. The molecule has 0 aromatic carbocycles. The zero-order valence-electron chi connectivity index (χ0n) is 13.6. The van der Waals surface area contributed by atoms with Gasteiger partial charge in [-0.1, -0.05) is 0 Å². The molecule has 1 atom stereocenters. The molecule has 4 heterocycles. The Morgan fingerprint density at radius 2 is 2.04 bits per heavy atom. The number of hydrogen-bond donors (Lipinski definition) is 1. The van der Waals surface area contributed by atoms with E-state index in [4.69, 9.17) is 4.74 Å². The lowest BCUT2D eigenvalue weighted by Crippen LogP contribution is -2.57. The summed E-state index contributed by atoms with van der Waals surface area (Å²) in [5.74, 6) is 1.13.